The van der Waals surface area contributed by atoms with E-state index in [9.17, 15) is 4.79 Å². The first kappa shape index (κ1) is 15.9. The van der Waals surface area contributed by atoms with Crippen molar-refractivity contribution in [2.45, 2.75) is 19.4 Å². The van der Waals surface area contributed by atoms with E-state index in [1.807, 2.05) is 6.92 Å². The zero-order chi connectivity index (χ0) is 16.9. The van der Waals surface area contributed by atoms with E-state index >= 15 is 0 Å². The Labute approximate surface area is 139 Å². The molecule has 8 nitrogen and oxygen atoms in total. The van der Waals surface area contributed by atoms with E-state index in [1.54, 1.807) is 30.7 Å². The molecule has 1 aliphatic heterocycles. The summed E-state index contributed by atoms with van der Waals surface area (Å²) in [6.45, 7) is 2.05. The molecule has 0 aliphatic carbocycles. The van der Waals surface area contributed by atoms with Crippen LogP contribution in [0.1, 0.15) is 12.6 Å². The molecule has 3 rings (SSSR count). The van der Waals surface area contributed by atoms with Crippen molar-refractivity contribution in [1.29, 1.82) is 0 Å². The Morgan fingerprint density at radius 1 is 1.33 bits per heavy atom. The van der Waals surface area contributed by atoms with Crippen LogP contribution >= 0.6 is 0 Å². The standard InChI is InChI=1S/C16H18N4O4/c1-10(5-11-8-17-3-4-18-11)19-16(21)20-12-6-14-15(24-9-23-14)7-13(12)22-2/h3-4,6-8,10H,5,9H2,1-2H3,(H2,19,20,21). The van der Waals surface area contributed by atoms with Gasteiger partial charge in [0.2, 0.25) is 6.79 Å². The number of nitrogens with zero attached hydrogens (tertiary/aromatic N) is 2. The first-order valence-electron chi connectivity index (χ1n) is 7.45. The van der Waals surface area contributed by atoms with Crippen molar-refractivity contribution in [2.24, 2.45) is 0 Å². The van der Waals surface area contributed by atoms with Gasteiger partial charge in [-0.3, -0.25) is 9.97 Å². The van der Waals surface area contributed by atoms with Crippen LogP contribution in [0.2, 0.25) is 0 Å². The fourth-order valence-corrected chi connectivity index (χ4v) is 2.37. The smallest absolute Gasteiger partial charge is 0.319 e. The largest absolute Gasteiger partial charge is 0.494 e. The second kappa shape index (κ2) is 7.03. The number of ether oxygens (including phenoxy) is 3. The lowest BCUT2D eigenvalue weighted by Gasteiger charge is -2.16. The summed E-state index contributed by atoms with van der Waals surface area (Å²) in [4.78, 5) is 20.4. The lowest BCUT2D eigenvalue weighted by Crippen LogP contribution is -2.37. The van der Waals surface area contributed by atoms with Crippen LogP contribution in [0.3, 0.4) is 0 Å². The van der Waals surface area contributed by atoms with Crippen LogP contribution in [0.5, 0.6) is 17.2 Å². The monoisotopic (exact) mass is 330 g/mol. The number of aromatic nitrogens is 2. The Morgan fingerprint density at radius 3 is 2.83 bits per heavy atom. The molecule has 2 amide bonds. The molecule has 2 heterocycles. The number of fused-ring (bicyclic) bond motifs is 1. The van der Waals surface area contributed by atoms with Gasteiger partial charge in [0.25, 0.3) is 0 Å². The van der Waals surface area contributed by atoms with Crippen LogP contribution in [0, 0.1) is 0 Å². The van der Waals surface area contributed by atoms with Gasteiger partial charge in [0.15, 0.2) is 11.5 Å². The lowest BCUT2D eigenvalue weighted by atomic mass is 10.2. The Bertz CT molecular complexity index is 724. The molecule has 2 N–H and O–H groups in total. The predicted molar refractivity (Wildman–Crippen MR) is 86.5 cm³/mol. The molecule has 1 aromatic heterocycles. The van der Waals surface area contributed by atoms with Crippen molar-refractivity contribution in [2.75, 3.05) is 19.2 Å². The molecule has 2 aromatic rings. The number of hydrogen-bond acceptors (Lipinski definition) is 6. The van der Waals surface area contributed by atoms with E-state index in [1.165, 1.54) is 7.11 Å². The van der Waals surface area contributed by atoms with Gasteiger partial charge in [0.05, 0.1) is 18.5 Å². The zero-order valence-electron chi connectivity index (χ0n) is 13.4. The molecule has 1 atom stereocenters. The first-order valence-corrected chi connectivity index (χ1v) is 7.45. The molecule has 0 fully saturated rings. The van der Waals surface area contributed by atoms with E-state index in [0.29, 0.717) is 29.4 Å². The number of benzene rings is 1. The summed E-state index contributed by atoms with van der Waals surface area (Å²) >= 11 is 0. The number of carbonyl (C=O) groups excluding carboxylic acids is 1. The predicted octanol–water partition coefficient (Wildman–Crippen LogP) is 1.97. The van der Waals surface area contributed by atoms with Crippen molar-refractivity contribution >= 4 is 11.7 Å². The molecule has 0 saturated carbocycles. The van der Waals surface area contributed by atoms with Crippen molar-refractivity contribution in [3.8, 4) is 17.2 Å². The molecule has 1 aliphatic rings. The van der Waals surface area contributed by atoms with Crippen LogP contribution in [-0.4, -0.2) is 35.9 Å². The summed E-state index contributed by atoms with van der Waals surface area (Å²) in [7, 11) is 1.53. The van der Waals surface area contributed by atoms with Gasteiger partial charge in [-0.25, -0.2) is 4.79 Å². The van der Waals surface area contributed by atoms with Crippen molar-refractivity contribution in [3.05, 3.63) is 36.4 Å². The summed E-state index contributed by atoms with van der Waals surface area (Å²) in [6, 6.07) is 2.90. The van der Waals surface area contributed by atoms with Gasteiger partial charge in [-0.15, -0.1) is 0 Å². The van der Waals surface area contributed by atoms with Crippen LogP contribution < -0.4 is 24.8 Å². The molecular formula is C16H18N4O4. The normalized spacial score (nSPS) is 13.2. The minimum atomic E-state index is -0.344. The SMILES string of the molecule is COc1cc2c(cc1NC(=O)NC(C)Cc1cnccn1)OCO2. The highest BCUT2D eigenvalue weighted by Crippen LogP contribution is 2.40. The minimum Gasteiger partial charge on any atom is -0.494 e. The van der Waals surface area contributed by atoms with Gasteiger partial charge in [0, 0.05) is 43.2 Å². The van der Waals surface area contributed by atoms with E-state index in [-0.39, 0.29) is 18.9 Å². The Balaban J connectivity index is 1.62. The third-order valence-electron chi connectivity index (χ3n) is 3.45. The van der Waals surface area contributed by atoms with Gasteiger partial charge in [-0.05, 0) is 6.92 Å². The topological polar surface area (TPSA) is 94.6 Å². The quantitative estimate of drug-likeness (QED) is 0.870. The van der Waals surface area contributed by atoms with E-state index in [4.69, 9.17) is 14.2 Å². The fraction of sp³-hybridized carbons (Fsp3) is 0.312. The number of nitrogens with one attached hydrogen (secondary N) is 2. The number of urea groups is 1. The Morgan fingerprint density at radius 2 is 2.12 bits per heavy atom. The average Bonchev–Trinajstić information content (AvgIpc) is 3.01. The summed E-state index contributed by atoms with van der Waals surface area (Å²) in [6.07, 6.45) is 5.50. The fourth-order valence-electron chi connectivity index (χ4n) is 2.37. The van der Waals surface area contributed by atoms with Gasteiger partial charge >= 0.3 is 6.03 Å². The number of amides is 2. The first-order chi connectivity index (χ1) is 11.7. The number of rotatable bonds is 5. The van der Waals surface area contributed by atoms with Crippen LogP contribution in [0.25, 0.3) is 0 Å². The molecular weight excluding hydrogens is 312 g/mol. The van der Waals surface area contributed by atoms with Gasteiger partial charge < -0.3 is 24.8 Å². The maximum absolute atomic E-state index is 12.2. The molecule has 24 heavy (non-hydrogen) atoms. The zero-order valence-corrected chi connectivity index (χ0v) is 13.4. The number of anilines is 1. The molecule has 0 spiro atoms. The highest BCUT2D eigenvalue weighted by atomic mass is 16.7. The summed E-state index contributed by atoms with van der Waals surface area (Å²) in [5.74, 6) is 1.66. The average molecular weight is 330 g/mol. The molecule has 1 aromatic carbocycles. The number of methoxy groups -OCH3 is 1. The molecule has 0 saturated heterocycles. The number of hydrogen-bond donors (Lipinski definition) is 2. The molecule has 0 bridgehead atoms. The molecule has 0 radical (unpaired) electrons. The summed E-state index contributed by atoms with van der Waals surface area (Å²) in [5.41, 5.74) is 1.32. The van der Waals surface area contributed by atoms with Gasteiger partial charge in [-0.1, -0.05) is 0 Å². The van der Waals surface area contributed by atoms with E-state index in [0.717, 1.165) is 5.69 Å². The van der Waals surface area contributed by atoms with Gasteiger partial charge in [0.1, 0.15) is 5.75 Å². The summed E-state index contributed by atoms with van der Waals surface area (Å²) in [5, 5.41) is 5.61. The highest BCUT2D eigenvalue weighted by Gasteiger charge is 2.19. The van der Waals surface area contributed by atoms with Crippen LogP contribution in [0.15, 0.2) is 30.7 Å². The highest BCUT2D eigenvalue weighted by molar-refractivity contribution is 5.91. The van der Waals surface area contributed by atoms with Gasteiger partial charge in [-0.2, -0.15) is 0 Å². The van der Waals surface area contributed by atoms with Crippen LogP contribution in [-0.2, 0) is 6.42 Å². The second-order valence-electron chi connectivity index (χ2n) is 5.31. The van der Waals surface area contributed by atoms with E-state index < -0.39 is 0 Å². The molecule has 1 unspecified atom stereocenters. The lowest BCUT2D eigenvalue weighted by molar-refractivity contribution is 0.174. The number of carbonyl (C=O) groups is 1. The second-order valence-corrected chi connectivity index (χ2v) is 5.31. The summed E-state index contributed by atoms with van der Waals surface area (Å²) < 4.78 is 15.9. The maximum atomic E-state index is 12.2. The maximum Gasteiger partial charge on any atom is 0.319 e. The third kappa shape index (κ3) is 3.65. The molecule has 126 valence electrons. The van der Waals surface area contributed by atoms with Crippen LogP contribution in [0.4, 0.5) is 10.5 Å². The van der Waals surface area contributed by atoms with Crippen molar-refractivity contribution < 1.29 is 19.0 Å². The Hall–Kier alpha value is -3.03. The third-order valence-corrected chi connectivity index (χ3v) is 3.45. The Kier molecular flexibility index (Phi) is 4.64. The van der Waals surface area contributed by atoms with Crippen molar-refractivity contribution in [3.63, 3.8) is 0 Å². The van der Waals surface area contributed by atoms with Crippen molar-refractivity contribution in [1.82, 2.24) is 15.3 Å². The minimum absolute atomic E-state index is 0.110. The van der Waals surface area contributed by atoms with E-state index in [2.05, 4.69) is 20.6 Å². The molecule has 8 heteroatoms.